The number of carbonyl (C=O) groups is 1. The predicted molar refractivity (Wildman–Crippen MR) is 142 cm³/mol. The second-order valence-electron chi connectivity index (χ2n) is 9.18. The van der Waals surface area contributed by atoms with Crippen LogP contribution in [0.1, 0.15) is 42.4 Å². The fourth-order valence-electron chi connectivity index (χ4n) is 3.62. The maximum Gasteiger partial charge on any atom is 0.433 e. The lowest BCUT2D eigenvalue weighted by Crippen LogP contribution is -2.32. The van der Waals surface area contributed by atoms with E-state index in [0.29, 0.717) is 5.56 Å². The lowest BCUT2D eigenvalue weighted by atomic mass is 10.1. The lowest BCUT2D eigenvalue weighted by Gasteiger charge is -2.22. The van der Waals surface area contributed by atoms with E-state index in [1.54, 1.807) is 32.0 Å². The molecule has 0 fully saturated rings. The normalized spacial score (nSPS) is 12.9. The van der Waals surface area contributed by atoms with Crippen LogP contribution in [0.25, 0.3) is 6.08 Å². The number of amides is 1. The van der Waals surface area contributed by atoms with Gasteiger partial charge in [0.25, 0.3) is 0 Å². The molecule has 1 atom stereocenters. The van der Waals surface area contributed by atoms with Gasteiger partial charge in [0.05, 0.1) is 0 Å². The average molecular weight is 565 g/mol. The summed E-state index contributed by atoms with van der Waals surface area (Å²) in [6, 6.07) is 12.5. The highest BCUT2D eigenvalue weighted by molar-refractivity contribution is 7.90. The van der Waals surface area contributed by atoms with Crippen molar-refractivity contribution in [2.24, 2.45) is 0 Å². The first-order valence-corrected chi connectivity index (χ1v) is 13.7. The average Bonchev–Trinajstić information content (AvgIpc) is 2.81. The minimum Gasteiger partial charge on any atom is -0.367 e. The predicted octanol–water partition coefficient (Wildman–Crippen LogP) is 5.71. The van der Waals surface area contributed by atoms with E-state index in [0.717, 1.165) is 36.1 Å². The number of benzene rings is 2. The molecule has 1 amide bonds. The SMILES string of the molecule is Cc1cccc(C(NC(=O)C=Cc2ccc(C(F)(F)F)nc2NC(C)C)Nc2ccc(S(C)(=O)=O)c(F)c2)c1. The zero-order valence-electron chi connectivity index (χ0n) is 21.6. The molecule has 39 heavy (non-hydrogen) atoms. The van der Waals surface area contributed by atoms with Crippen molar-refractivity contribution in [3.63, 3.8) is 0 Å². The van der Waals surface area contributed by atoms with Gasteiger partial charge in [-0.15, -0.1) is 0 Å². The molecule has 0 aliphatic heterocycles. The number of rotatable bonds is 9. The number of hydrogen-bond acceptors (Lipinski definition) is 6. The smallest absolute Gasteiger partial charge is 0.367 e. The summed E-state index contributed by atoms with van der Waals surface area (Å²) in [6.07, 6.45) is -2.10. The van der Waals surface area contributed by atoms with Crippen molar-refractivity contribution < 1.29 is 30.8 Å². The number of carbonyl (C=O) groups excluding carboxylic acids is 1. The third-order valence-electron chi connectivity index (χ3n) is 5.36. The first kappa shape index (κ1) is 29.6. The lowest BCUT2D eigenvalue weighted by molar-refractivity contribution is -0.141. The fourth-order valence-corrected chi connectivity index (χ4v) is 4.35. The summed E-state index contributed by atoms with van der Waals surface area (Å²) in [7, 11) is -3.77. The minimum absolute atomic E-state index is 0.0290. The molecule has 1 aromatic heterocycles. The number of alkyl halides is 3. The number of aromatic nitrogens is 1. The van der Waals surface area contributed by atoms with Crippen LogP contribution in [0.3, 0.4) is 0 Å². The van der Waals surface area contributed by atoms with Crippen molar-refractivity contribution in [3.05, 3.63) is 88.9 Å². The second kappa shape index (κ2) is 11.9. The van der Waals surface area contributed by atoms with Gasteiger partial charge < -0.3 is 16.0 Å². The third-order valence-corrected chi connectivity index (χ3v) is 6.49. The Morgan fingerprint density at radius 2 is 1.74 bits per heavy atom. The van der Waals surface area contributed by atoms with E-state index < -0.39 is 44.5 Å². The van der Waals surface area contributed by atoms with Gasteiger partial charge in [0.2, 0.25) is 5.91 Å². The highest BCUT2D eigenvalue weighted by Gasteiger charge is 2.33. The highest BCUT2D eigenvalue weighted by Crippen LogP contribution is 2.30. The van der Waals surface area contributed by atoms with Gasteiger partial charge in [-0.05, 0) is 62.7 Å². The van der Waals surface area contributed by atoms with Crippen LogP contribution in [0.15, 0.2) is 65.6 Å². The fraction of sp³-hybridized carbons (Fsp3) is 0.259. The van der Waals surface area contributed by atoms with E-state index in [4.69, 9.17) is 0 Å². The third kappa shape index (κ3) is 8.28. The molecular formula is C27H28F4N4O3S. The van der Waals surface area contributed by atoms with Gasteiger partial charge >= 0.3 is 6.18 Å². The van der Waals surface area contributed by atoms with Gasteiger partial charge in [0.15, 0.2) is 9.84 Å². The standard InChI is InChI=1S/C27H28F4N4O3S/c1-16(2)32-25-18(8-12-23(34-25)27(29,30)31)9-13-24(36)35-26(19-7-5-6-17(3)14-19)33-20-10-11-22(21(28)15-20)39(4,37)38/h5-16,26,33H,1-4H3,(H,32,34)(H,35,36). The van der Waals surface area contributed by atoms with E-state index >= 15 is 0 Å². The van der Waals surface area contributed by atoms with Crippen molar-refractivity contribution in [2.45, 2.75) is 44.1 Å². The molecular weight excluding hydrogens is 536 g/mol. The molecule has 0 spiro atoms. The molecule has 3 aromatic rings. The van der Waals surface area contributed by atoms with E-state index in [1.165, 1.54) is 18.2 Å². The summed E-state index contributed by atoms with van der Waals surface area (Å²) in [6.45, 7) is 5.33. The van der Waals surface area contributed by atoms with E-state index in [1.807, 2.05) is 13.0 Å². The van der Waals surface area contributed by atoms with Crippen molar-refractivity contribution in [1.82, 2.24) is 10.3 Å². The van der Waals surface area contributed by atoms with Gasteiger partial charge in [-0.25, -0.2) is 17.8 Å². The van der Waals surface area contributed by atoms with E-state index in [-0.39, 0.29) is 23.1 Å². The Labute approximate surface area is 224 Å². The first-order valence-electron chi connectivity index (χ1n) is 11.8. The van der Waals surface area contributed by atoms with Crippen LogP contribution < -0.4 is 16.0 Å². The molecule has 1 unspecified atom stereocenters. The summed E-state index contributed by atoms with van der Waals surface area (Å²) < 4.78 is 77.4. The van der Waals surface area contributed by atoms with E-state index in [9.17, 15) is 30.8 Å². The number of nitrogens with zero attached hydrogens (tertiary/aromatic N) is 1. The Morgan fingerprint density at radius 1 is 1.03 bits per heavy atom. The van der Waals surface area contributed by atoms with Crippen molar-refractivity contribution in [2.75, 3.05) is 16.9 Å². The Bertz CT molecular complexity index is 1490. The number of halogens is 4. The second-order valence-corrected chi connectivity index (χ2v) is 11.2. The summed E-state index contributed by atoms with van der Waals surface area (Å²) in [4.78, 5) is 16.1. The van der Waals surface area contributed by atoms with Crippen molar-refractivity contribution >= 4 is 33.3 Å². The molecule has 3 rings (SSSR count). The molecule has 3 N–H and O–H groups in total. The molecule has 208 valence electrons. The van der Waals surface area contributed by atoms with Gasteiger partial charge in [0, 0.05) is 29.6 Å². The van der Waals surface area contributed by atoms with Gasteiger partial charge in [-0.3, -0.25) is 4.79 Å². The Kier molecular flexibility index (Phi) is 9.00. The zero-order valence-corrected chi connectivity index (χ0v) is 22.4. The Balaban J connectivity index is 1.88. The zero-order chi connectivity index (χ0) is 29.0. The number of aryl methyl sites for hydroxylation is 1. The summed E-state index contributed by atoms with van der Waals surface area (Å²) in [5, 5.41) is 8.57. The van der Waals surface area contributed by atoms with Gasteiger partial charge in [0.1, 0.15) is 28.4 Å². The van der Waals surface area contributed by atoms with Crippen LogP contribution >= 0.6 is 0 Å². The molecule has 1 heterocycles. The quantitative estimate of drug-likeness (QED) is 0.175. The van der Waals surface area contributed by atoms with Crippen LogP contribution in [0.4, 0.5) is 29.1 Å². The van der Waals surface area contributed by atoms with E-state index in [2.05, 4.69) is 20.9 Å². The molecule has 0 bridgehead atoms. The number of pyridine rings is 1. The molecule has 7 nitrogen and oxygen atoms in total. The number of anilines is 2. The summed E-state index contributed by atoms with van der Waals surface area (Å²) >= 11 is 0. The molecule has 2 aromatic carbocycles. The van der Waals surface area contributed by atoms with Crippen LogP contribution in [0.2, 0.25) is 0 Å². The van der Waals surface area contributed by atoms with Crippen molar-refractivity contribution in [1.29, 1.82) is 0 Å². The van der Waals surface area contributed by atoms with Crippen LogP contribution in [0, 0.1) is 12.7 Å². The van der Waals surface area contributed by atoms with Gasteiger partial charge in [-0.2, -0.15) is 13.2 Å². The summed E-state index contributed by atoms with van der Waals surface area (Å²) in [5.41, 5.74) is 0.937. The number of sulfone groups is 1. The monoisotopic (exact) mass is 564 g/mol. The number of nitrogens with one attached hydrogen (secondary N) is 3. The molecule has 0 saturated carbocycles. The topological polar surface area (TPSA) is 100 Å². The first-order chi connectivity index (χ1) is 18.1. The highest BCUT2D eigenvalue weighted by atomic mass is 32.2. The molecule has 0 saturated heterocycles. The van der Waals surface area contributed by atoms with Crippen LogP contribution in [-0.4, -0.2) is 31.6 Å². The number of hydrogen-bond donors (Lipinski definition) is 3. The Morgan fingerprint density at radius 3 is 2.33 bits per heavy atom. The Hall–Kier alpha value is -3.93. The minimum atomic E-state index is -4.63. The summed E-state index contributed by atoms with van der Waals surface area (Å²) in [5.74, 6) is -1.58. The van der Waals surface area contributed by atoms with Crippen LogP contribution in [-0.2, 0) is 20.8 Å². The molecule has 0 aliphatic rings. The maximum absolute atomic E-state index is 14.5. The van der Waals surface area contributed by atoms with Crippen molar-refractivity contribution in [3.8, 4) is 0 Å². The molecule has 0 aliphatic carbocycles. The molecule has 12 heteroatoms. The van der Waals surface area contributed by atoms with Gasteiger partial charge in [-0.1, -0.05) is 29.8 Å². The largest absolute Gasteiger partial charge is 0.433 e. The molecule has 0 radical (unpaired) electrons. The van der Waals surface area contributed by atoms with Crippen LogP contribution in [0.5, 0.6) is 0 Å². The maximum atomic E-state index is 14.5.